The fourth-order valence-corrected chi connectivity index (χ4v) is 2.52. The minimum Gasteiger partial charge on any atom is -0.432 e. The van der Waals surface area contributed by atoms with E-state index in [0.29, 0.717) is 11.3 Å². The lowest BCUT2D eigenvalue weighted by Crippen LogP contribution is -2.35. The molecule has 4 nitrogen and oxygen atoms in total. The van der Waals surface area contributed by atoms with Gasteiger partial charge < -0.3 is 14.6 Å². The van der Waals surface area contributed by atoms with Crippen molar-refractivity contribution in [3.05, 3.63) is 12.0 Å². The van der Waals surface area contributed by atoms with E-state index in [1.165, 1.54) is 6.42 Å². The van der Waals surface area contributed by atoms with Crippen molar-refractivity contribution in [1.29, 1.82) is 0 Å². The highest BCUT2D eigenvalue weighted by molar-refractivity contribution is 5.29. The van der Waals surface area contributed by atoms with Crippen molar-refractivity contribution in [3.8, 4) is 0 Å². The topological polar surface area (TPSA) is 41.3 Å². The van der Waals surface area contributed by atoms with Gasteiger partial charge in [0.05, 0.1) is 5.69 Å². The van der Waals surface area contributed by atoms with Crippen molar-refractivity contribution in [2.24, 2.45) is 11.3 Å². The number of oxazole rings is 1. The predicted molar refractivity (Wildman–Crippen MR) is 82.9 cm³/mol. The SMILES string of the molecule is CC(C)(C)NCc1coc(N2CCC(C(C)(C)C)C2)n1. The first-order valence-electron chi connectivity index (χ1n) is 7.59. The van der Waals surface area contributed by atoms with Crippen LogP contribution in [-0.4, -0.2) is 23.6 Å². The second-order valence-electron chi connectivity index (χ2n) is 8.02. The highest BCUT2D eigenvalue weighted by Gasteiger charge is 2.33. The second kappa shape index (κ2) is 5.40. The van der Waals surface area contributed by atoms with E-state index < -0.39 is 0 Å². The maximum absolute atomic E-state index is 5.65. The first-order chi connectivity index (χ1) is 9.15. The molecule has 0 spiro atoms. The maximum Gasteiger partial charge on any atom is 0.297 e. The van der Waals surface area contributed by atoms with Gasteiger partial charge in [0.2, 0.25) is 0 Å². The van der Waals surface area contributed by atoms with E-state index in [9.17, 15) is 0 Å². The summed E-state index contributed by atoms with van der Waals surface area (Å²) < 4.78 is 5.65. The molecule has 1 atom stereocenters. The van der Waals surface area contributed by atoms with E-state index >= 15 is 0 Å². The van der Waals surface area contributed by atoms with Gasteiger partial charge in [0, 0.05) is 25.2 Å². The first-order valence-corrected chi connectivity index (χ1v) is 7.59. The third-order valence-electron chi connectivity index (χ3n) is 4.02. The fraction of sp³-hybridized carbons (Fsp3) is 0.812. The molecule has 0 amide bonds. The van der Waals surface area contributed by atoms with Gasteiger partial charge in [-0.3, -0.25) is 0 Å². The summed E-state index contributed by atoms with van der Waals surface area (Å²) >= 11 is 0. The molecule has 0 aliphatic carbocycles. The molecule has 2 rings (SSSR count). The van der Waals surface area contributed by atoms with Crippen LogP contribution in [0.2, 0.25) is 0 Å². The van der Waals surface area contributed by atoms with E-state index in [0.717, 1.165) is 31.3 Å². The van der Waals surface area contributed by atoms with E-state index in [1.54, 1.807) is 6.26 Å². The minimum absolute atomic E-state index is 0.101. The highest BCUT2D eigenvalue weighted by Crippen LogP contribution is 2.35. The number of nitrogens with zero attached hydrogens (tertiary/aromatic N) is 2. The summed E-state index contributed by atoms with van der Waals surface area (Å²) in [6.45, 7) is 16.3. The Morgan fingerprint density at radius 2 is 2.00 bits per heavy atom. The van der Waals surface area contributed by atoms with E-state index in [1.807, 2.05) is 0 Å². The molecule has 0 aromatic carbocycles. The Kier molecular flexibility index (Phi) is 4.14. The molecular weight excluding hydrogens is 250 g/mol. The summed E-state index contributed by atoms with van der Waals surface area (Å²) in [6, 6.07) is 0.780. The molecule has 1 aromatic rings. The normalized spacial score (nSPS) is 20.7. The molecule has 1 fully saturated rings. The molecule has 1 N–H and O–H groups in total. The van der Waals surface area contributed by atoms with E-state index in [4.69, 9.17) is 4.42 Å². The largest absolute Gasteiger partial charge is 0.432 e. The van der Waals surface area contributed by atoms with Gasteiger partial charge in [-0.2, -0.15) is 4.98 Å². The van der Waals surface area contributed by atoms with E-state index in [2.05, 4.69) is 56.7 Å². The lowest BCUT2D eigenvalue weighted by atomic mass is 9.80. The number of aromatic nitrogens is 1. The molecule has 1 unspecified atom stereocenters. The zero-order chi connectivity index (χ0) is 15.0. The third kappa shape index (κ3) is 3.98. The molecule has 114 valence electrons. The Morgan fingerprint density at radius 3 is 2.55 bits per heavy atom. The molecule has 4 heteroatoms. The van der Waals surface area contributed by atoms with Crippen LogP contribution in [0.3, 0.4) is 0 Å². The van der Waals surface area contributed by atoms with Crippen molar-refractivity contribution < 1.29 is 4.42 Å². The average molecular weight is 279 g/mol. The monoisotopic (exact) mass is 279 g/mol. The molecule has 1 aliphatic rings. The Morgan fingerprint density at radius 1 is 1.30 bits per heavy atom. The average Bonchev–Trinajstić information content (AvgIpc) is 2.93. The smallest absolute Gasteiger partial charge is 0.297 e. The molecule has 1 saturated heterocycles. The Balaban J connectivity index is 1.93. The summed E-state index contributed by atoms with van der Waals surface area (Å²) in [5, 5.41) is 3.43. The zero-order valence-electron chi connectivity index (χ0n) is 13.8. The van der Waals surface area contributed by atoms with Crippen molar-refractivity contribution >= 4 is 6.01 Å². The van der Waals surface area contributed by atoms with Crippen LogP contribution in [0.15, 0.2) is 10.7 Å². The van der Waals surface area contributed by atoms with Crippen LogP contribution < -0.4 is 10.2 Å². The molecule has 0 radical (unpaired) electrons. The van der Waals surface area contributed by atoms with Gasteiger partial charge in [-0.25, -0.2) is 0 Å². The van der Waals surface area contributed by atoms with Gasteiger partial charge in [0.15, 0.2) is 0 Å². The fourth-order valence-electron chi connectivity index (χ4n) is 2.52. The maximum atomic E-state index is 5.65. The predicted octanol–water partition coefficient (Wildman–Crippen LogP) is 3.44. The summed E-state index contributed by atoms with van der Waals surface area (Å²) in [6.07, 6.45) is 3.00. The Labute approximate surface area is 122 Å². The van der Waals surface area contributed by atoms with E-state index in [-0.39, 0.29) is 5.54 Å². The van der Waals surface area contributed by atoms with Gasteiger partial charge in [-0.15, -0.1) is 0 Å². The van der Waals surface area contributed by atoms with Gasteiger partial charge in [-0.05, 0) is 38.5 Å². The van der Waals surface area contributed by atoms with Gasteiger partial charge in [0.1, 0.15) is 6.26 Å². The third-order valence-corrected chi connectivity index (χ3v) is 4.02. The molecular formula is C16H29N3O. The van der Waals surface area contributed by atoms with Crippen LogP contribution in [0.5, 0.6) is 0 Å². The van der Waals surface area contributed by atoms with Gasteiger partial charge in [-0.1, -0.05) is 20.8 Å². The Bertz CT molecular complexity index is 439. The summed E-state index contributed by atoms with van der Waals surface area (Å²) in [5.41, 5.74) is 1.44. The quantitative estimate of drug-likeness (QED) is 0.920. The van der Waals surface area contributed by atoms with Crippen LogP contribution in [0.25, 0.3) is 0 Å². The molecule has 2 heterocycles. The molecule has 1 aliphatic heterocycles. The van der Waals surface area contributed by atoms with Crippen LogP contribution in [0.4, 0.5) is 6.01 Å². The number of hydrogen-bond acceptors (Lipinski definition) is 4. The summed E-state index contributed by atoms with van der Waals surface area (Å²) in [5.74, 6) is 0.713. The van der Waals surface area contributed by atoms with Crippen LogP contribution in [0.1, 0.15) is 53.7 Å². The number of anilines is 1. The first kappa shape index (κ1) is 15.4. The highest BCUT2D eigenvalue weighted by atomic mass is 16.4. The van der Waals surface area contributed by atoms with Crippen LogP contribution in [-0.2, 0) is 6.54 Å². The summed E-state index contributed by atoms with van der Waals surface area (Å²) in [7, 11) is 0. The number of rotatable bonds is 3. The number of hydrogen-bond donors (Lipinski definition) is 1. The minimum atomic E-state index is 0.101. The molecule has 20 heavy (non-hydrogen) atoms. The van der Waals surface area contributed by atoms with Crippen LogP contribution >= 0.6 is 0 Å². The molecule has 1 aromatic heterocycles. The van der Waals surface area contributed by atoms with Crippen LogP contribution in [0, 0.1) is 11.3 Å². The van der Waals surface area contributed by atoms with Crippen molar-refractivity contribution in [2.75, 3.05) is 18.0 Å². The Hall–Kier alpha value is -1.03. The van der Waals surface area contributed by atoms with Crippen molar-refractivity contribution in [1.82, 2.24) is 10.3 Å². The molecule has 0 bridgehead atoms. The van der Waals surface area contributed by atoms with Crippen molar-refractivity contribution in [3.63, 3.8) is 0 Å². The lowest BCUT2D eigenvalue weighted by Gasteiger charge is -2.26. The summed E-state index contributed by atoms with van der Waals surface area (Å²) in [4.78, 5) is 6.88. The zero-order valence-corrected chi connectivity index (χ0v) is 13.8. The standard InChI is InChI=1S/C16H29N3O/c1-15(2,3)12-7-8-19(10-12)14-18-13(11-20-14)9-17-16(4,5)6/h11-12,17H,7-10H2,1-6H3. The van der Waals surface area contributed by atoms with Crippen molar-refractivity contribution in [2.45, 2.75) is 60.0 Å². The molecule has 0 saturated carbocycles. The van der Waals surface area contributed by atoms with Gasteiger partial charge in [0.25, 0.3) is 6.01 Å². The lowest BCUT2D eigenvalue weighted by molar-refractivity contribution is 0.263. The number of nitrogens with one attached hydrogen (secondary N) is 1. The second-order valence-corrected chi connectivity index (χ2v) is 8.02. The van der Waals surface area contributed by atoms with Gasteiger partial charge >= 0.3 is 0 Å².